The van der Waals surface area contributed by atoms with Crippen molar-refractivity contribution in [2.45, 2.75) is 60.0 Å². The molecule has 2 rings (SSSR count). The molecule has 4 heteroatoms. The summed E-state index contributed by atoms with van der Waals surface area (Å²) in [7, 11) is 0. The maximum atomic E-state index is 11.9. The molecular weight excluding hydrogens is 290 g/mol. The second-order valence-electron chi connectivity index (χ2n) is 7.39. The van der Waals surface area contributed by atoms with Crippen molar-refractivity contribution in [3.63, 3.8) is 0 Å². The second-order valence-corrected chi connectivity index (χ2v) is 7.39. The third-order valence-corrected chi connectivity index (χ3v) is 5.92. The van der Waals surface area contributed by atoms with E-state index < -0.39 is 0 Å². The number of hydrogen-bond acceptors (Lipinski definition) is 3. The number of hydrogen-bond donors (Lipinski definition) is 1. The number of alkyl carbamates (subject to hydrolysis) is 1. The van der Waals surface area contributed by atoms with Crippen molar-refractivity contribution >= 4 is 6.09 Å². The normalized spacial score (nSPS) is 36.3. The highest BCUT2D eigenvalue weighted by Crippen LogP contribution is 2.53. The van der Waals surface area contributed by atoms with Crippen LogP contribution in [0, 0.1) is 23.2 Å². The van der Waals surface area contributed by atoms with E-state index in [2.05, 4.69) is 39.1 Å². The second kappa shape index (κ2) is 7.69. The molecule has 0 aromatic heterocycles. The van der Waals surface area contributed by atoms with Crippen molar-refractivity contribution in [1.82, 2.24) is 5.32 Å². The van der Waals surface area contributed by atoms with Crippen LogP contribution in [-0.4, -0.2) is 32.0 Å². The van der Waals surface area contributed by atoms with Crippen molar-refractivity contribution in [3.8, 4) is 0 Å². The predicted molar refractivity (Wildman–Crippen MR) is 92.3 cm³/mol. The average molecular weight is 323 g/mol. The maximum Gasteiger partial charge on any atom is 0.407 e. The fourth-order valence-electron chi connectivity index (χ4n) is 4.41. The van der Waals surface area contributed by atoms with Crippen LogP contribution in [0.5, 0.6) is 0 Å². The first-order valence-electron chi connectivity index (χ1n) is 9.16. The van der Waals surface area contributed by atoms with Crippen LogP contribution in [0.2, 0.25) is 0 Å². The molecule has 2 aliphatic rings. The molecule has 1 aliphatic carbocycles. The van der Waals surface area contributed by atoms with Gasteiger partial charge in [-0.25, -0.2) is 4.79 Å². The zero-order valence-electron chi connectivity index (χ0n) is 15.4. The molecule has 0 saturated carbocycles. The molecule has 1 aliphatic heterocycles. The first-order chi connectivity index (χ1) is 11.0. The standard InChI is InChI=1S/C19H33NO3/c1-6-8-16-17-13(3)10-14(4)19(11-22-16,15(17)5)12-23-18(21)20-9-7-2/h10,14-17H,6-9,11-12H2,1-5H3,(H,20,21)/t14-,15+,16+,17-,19+/m0/s1. The number of carbonyl (C=O) groups excluding carboxylic acids is 1. The SMILES string of the molecule is CCCNC(=O)OC[C@]12CO[C@H](CCC)[C@@H](C(C)=C[C@@H]1C)[C@H]2C. The van der Waals surface area contributed by atoms with Gasteiger partial charge in [0, 0.05) is 17.9 Å². The van der Waals surface area contributed by atoms with Gasteiger partial charge in [-0.1, -0.05) is 45.8 Å². The van der Waals surface area contributed by atoms with Gasteiger partial charge < -0.3 is 14.8 Å². The van der Waals surface area contributed by atoms with Crippen molar-refractivity contribution in [2.75, 3.05) is 19.8 Å². The fraction of sp³-hybridized carbons (Fsp3) is 0.842. The van der Waals surface area contributed by atoms with Gasteiger partial charge >= 0.3 is 6.09 Å². The first-order valence-corrected chi connectivity index (χ1v) is 9.16. The van der Waals surface area contributed by atoms with E-state index in [0.717, 1.165) is 19.3 Å². The zero-order chi connectivity index (χ0) is 17.0. The molecule has 0 aromatic carbocycles. The lowest BCUT2D eigenvalue weighted by Crippen LogP contribution is -2.57. The molecule has 2 bridgehead atoms. The minimum atomic E-state index is -0.306. The third kappa shape index (κ3) is 3.57. The number of allylic oxidation sites excluding steroid dienone is 1. The Bertz CT molecular complexity index is 448. The van der Waals surface area contributed by atoms with Gasteiger partial charge in [-0.05, 0) is 31.6 Å². The van der Waals surface area contributed by atoms with Gasteiger partial charge in [0.25, 0.3) is 0 Å². The first kappa shape index (κ1) is 18.3. The summed E-state index contributed by atoms with van der Waals surface area (Å²) in [5.74, 6) is 1.27. The molecule has 23 heavy (non-hydrogen) atoms. The van der Waals surface area contributed by atoms with E-state index in [1.54, 1.807) is 0 Å². The number of fused-ring (bicyclic) bond motifs is 2. The summed E-state index contributed by atoms with van der Waals surface area (Å²) in [5, 5.41) is 2.79. The molecule has 0 spiro atoms. The lowest BCUT2D eigenvalue weighted by atomic mass is 9.56. The Morgan fingerprint density at radius 2 is 2.13 bits per heavy atom. The van der Waals surface area contributed by atoms with Crippen LogP contribution in [0.1, 0.15) is 53.9 Å². The Labute approximate surface area is 141 Å². The minimum Gasteiger partial charge on any atom is -0.449 e. The quantitative estimate of drug-likeness (QED) is 0.747. The van der Waals surface area contributed by atoms with Gasteiger partial charge in [0.2, 0.25) is 0 Å². The summed E-state index contributed by atoms with van der Waals surface area (Å²) in [6.45, 7) is 12.8. The smallest absolute Gasteiger partial charge is 0.407 e. The Hall–Kier alpha value is -1.03. The summed E-state index contributed by atoms with van der Waals surface area (Å²) in [6, 6.07) is 0. The van der Waals surface area contributed by atoms with E-state index in [0.29, 0.717) is 43.6 Å². The van der Waals surface area contributed by atoms with Gasteiger partial charge in [0.05, 0.1) is 12.7 Å². The van der Waals surface area contributed by atoms with Gasteiger partial charge in [-0.3, -0.25) is 0 Å². The third-order valence-electron chi connectivity index (χ3n) is 5.92. The van der Waals surface area contributed by atoms with Gasteiger partial charge in [-0.2, -0.15) is 0 Å². The van der Waals surface area contributed by atoms with Crippen LogP contribution < -0.4 is 5.32 Å². The summed E-state index contributed by atoms with van der Waals surface area (Å²) < 4.78 is 11.8. The summed E-state index contributed by atoms with van der Waals surface area (Å²) in [4.78, 5) is 11.9. The Morgan fingerprint density at radius 3 is 2.78 bits per heavy atom. The molecule has 1 saturated heterocycles. The predicted octanol–water partition coefficient (Wildman–Crippen LogP) is 4.16. The van der Waals surface area contributed by atoms with Crippen LogP contribution >= 0.6 is 0 Å². The Balaban J connectivity index is 2.12. The van der Waals surface area contributed by atoms with E-state index in [1.807, 2.05) is 6.92 Å². The summed E-state index contributed by atoms with van der Waals surface area (Å²) in [5.41, 5.74) is 1.34. The highest BCUT2D eigenvalue weighted by atomic mass is 16.6. The number of nitrogens with one attached hydrogen (secondary N) is 1. The summed E-state index contributed by atoms with van der Waals surface area (Å²) >= 11 is 0. The van der Waals surface area contributed by atoms with E-state index >= 15 is 0 Å². The molecular formula is C19H33NO3. The van der Waals surface area contributed by atoms with Crippen LogP contribution in [0.4, 0.5) is 4.79 Å². The van der Waals surface area contributed by atoms with Gasteiger partial charge in [-0.15, -0.1) is 0 Å². The largest absolute Gasteiger partial charge is 0.449 e. The molecule has 1 heterocycles. The lowest BCUT2D eigenvalue weighted by Gasteiger charge is -2.55. The monoisotopic (exact) mass is 323 g/mol. The molecule has 1 fully saturated rings. The highest BCUT2D eigenvalue weighted by Gasteiger charge is 2.53. The Kier molecular flexibility index (Phi) is 6.12. The van der Waals surface area contributed by atoms with E-state index in [4.69, 9.17) is 9.47 Å². The van der Waals surface area contributed by atoms with E-state index in [-0.39, 0.29) is 11.5 Å². The van der Waals surface area contributed by atoms with E-state index in [1.165, 1.54) is 5.57 Å². The van der Waals surface area contributed by atoms with Crippen molar-refractivity contribution in [2.24, 2.45) is 23.2 Å². The van der Waals surface area contributed by atoms with Crippen LogP contribution in [-0.2, 0) is 9.47 Å². The fourth-order valence-corrected chi connectivity index (χ4v) is 4.41. The number of ether oxygens (including phenoxy) is 2. The van der Waals surface area contributed by atoms with E-state index in [9.17, 15) is 4.79 Å². The van der Waals surface area contributed by atoms with Gasteiger partial charge in [0.15, 0.2) is 0 Å². The highest BCUT2D eigenvalue weighted by molar-refractivity contribution is 5.67. The average Bonchev–Trinajstić information content (AvgIpc) is 2.51. The lowest BCUT2D eigenvalue weighted by molar-refractivity contribution is -0.164. The van der Waals surface area contributed by atoms with Crippen LogP contribution in [0.3, 0.4) is 0 Å². The van der Waals surface area contributed by atoms with Crippen LogP contribution in [0.15, 0.2) is 11.6 Å². The van der Waals surface area contributed by atoms with Gasteiger partial charge in [0.1, 0.15) is 6.61 Å². The number of rotatable bonds is 6. The molecule has 1 N–H and O–H groups in total. The summed E-state index contributed by atoms with van der Waals surface area (Å²) in [6.07, 6.45) is 5.53. The van der Waals surface area contributed by atoms with Crippen molar-refractivity contribution in [1.29, 1.82) is 0 Å². The zero-order valence-corrected chi connectivity index (χ0v) is 15.4. The van der Waals surface area contributed by atoms with Crippen molar-refractivity contribution < 1.29 is 14.3 Å². The minimum absolute atomic E-state index is 0.0992. The topological polar surface area (TPSA) is 47.6 Å². The van der Waals surface area contributed by atoms with Crippen molar-refractivity contribution in [3.05, 3.63) is 11.6 Å². The Morgan fingerprint density at radius 1 is 1.39 bits per heavy atom. The maximum absolute atomic E-state index is 11.9. The molecule has 0 aromatic rings. The molecule has 5 atom stereocenters. The molecule has 132 valence electrons. The number of carbonyl (C=O) groups is 1. The molecule has 0 unspecified atom stereocenters. The molecule has 4 nitrogen and oxygen atoms in total. The number of amides is 1. The molecule has 0 radical (unpaired) electrons. The van der Waals surface area contributed by atoms with Crippen LogP contribution in [0.25, 0.3) is 0 Å². The molecule has 1 amide bonds.